The Balaban J connectivity index is 2.30. The van der Waals surface area contributed by atoms with Crippen molar-refractivity contribution in [2.45, 2.75) is 31.5 Å². The molecule has 21 heavy (non-hydrogen) atoms. The number of halogens is 3. The summed E-state index contributed by atoms with van der Waals surface area (Å²) in [5, 5.41) is 8.80. The highest BCUT2D eigenvalue weighted by atomic mass is 19.4. The quantitative estimate of drug-likeness (QED) is 0.929. The Labute approximate surface area is 118 Å². The summed E-state index contributed by atoms with van der Waals surface area (Å²) in [5.74, 6) is -1.90. The van der Waals surface area contributed by atoms with Crippen molar-refractivity contribution < 1.29 is 27.9 Å². The topological polar surface area (TPSA) is 70.5 Å². The molecule has 0 unspecified atom stereocenters. The van der Waals surface area contributed by atoms with Gasteiger partial charge in [-0.25, -0.2) is 0 Å². The number of hydrogen-bond acceptors (Lipinski definition) is 3. The maximum absolute atomic E-state index is 12.9. The van der Waals surface area contributed by atoms with Gasteiger partial charge in [-0.2, -0.15) is 13.2 Å². The Kier molecular flexibility index (Phi) is 4.15. The van der Waals surface area contributed by atoms with Crippen LogP contribution in [0.15, 0.2) is 18.3 Å². The molecule has 1 aliphatic rings. The normalized spacial score (nSPS) is 18.8. The van der Waals surface area contributed by atoms with Crippen molar-refractivity contribution >= 4 is 11.9 Å². The van der Waals surface area contributed by atoms with Crippen LogP contribution in [-0.2, 0) is 11.0 Å². The van der Waals surface area contributed by atoms with Crippen LogP contribution in [0.2, 0.25) is 0 Å². The fraction of sp³-hybridized carbons (Fsp3) is 0.462. The monoisotopic (exact) mass is 302 g/mol. The number of carbonyl (C=O) groups excluding carboxylic acids is 1. The fourth-order valence-corrected chi connectivity index (χ4v) is 2.48. The molecule has 0 aromatic carbocycles. The zero-order valence-corrected chi connectivity index (χ0v) is 10.9. The average Bonchev–Trinajstić information content (AvgIpc) is 2.84. The van der Waals surface area contributed by atoms with Gasteiger partial charge in [-0.15, -0.1) is 0 Å². The minimum atomic E-state index is -4.73. The molecule has 1 aromatic rings. The molecule has 8 heteroatoms. The third kappa shape index (κ3) is 3.32. The van der Waals surface area contributed by atoms with E-state index in [9.17, 15) is 22.8 Å². The highest BCUT2D eigenvalue weighted by Gasteiger charge is 2.39. The number of nitrogens with zero attached hydrogens (tertiary/aromatic N) is 2. The molecule has 0 spiro atoms. The summed E-state index contributed by atoms with van der Waals surface area (Å²) in [7, 11) is 0. The van der Waals surface area contributed by atoms with E-state index in [1.165, 1.54) is 11.0 Å². The fourth-order valence-electron chi connectivity index (χ4n) is 2.48. The zero-order chi connectivity index (χ0) is 15.6. The Morgan fingerprint density at radius 2 is 2.14 bits per heavy atom. The zero-order valence-electron chi connectivity index (χ0n) is 10.9. The molecular formula is C13H13F3N2O3. The van der Waals surface area contributed by atoms with Crippen LogP contribution < -0.4 is 0 Å². The van der Waals surface area contributed by atoms with Crippen molar-refractivity contribution in [1.29, 1.82) is 0 Å². The number of carboxylic acids is 1. The standard InChI is InChI=1S/C13H13F3N2O3/c14-13(15,16)11-9(4-1-5-17-11)12(21)18-6-2-3-8(18)7-10(19)20/h1,4-5,8H,2-3,6-7H2,(H,19,20)/t8-/m1/s1. The van der Waals surface area contributed by atoms with Crippen molar-refractivity contribution in [3.05, 3.63) is 29.6 Å². The second kappa shape index (κ2) is 5.71. The molecule has 1 saturated heterocycles. The summed E-state index contributed by atoms with van der Waals surface area (Å²) in [6.07, 6.45) is -2.98. The van der Waals surface area contributed by atoms with E-state index in [0.29, 0.717) is 12.8 Å². The van der Waals surface area contributed by atoms with Gasteiger partial charge < -0.3 is 10.0 Å². The van der Waals surface area contributed by atoms with Gasteiger partial charge in [0, 0.05) is 18.8 Å². The smallest absolute Gasteiger partial charge is 0.434 e. The lowest BCUT2D eigenvalue weighted by molar-refractivity contribution is -0.142. The lowest BCUT2D eigenvalue weighted by atomic mass is 10.1. The van der Waals surface area contributed by atoms with Crippen molar-refractivity contribution in [2.75, 3.05) is 6.54 Å². The predicted octanol–water partition coefficient (Wildman–Crippen LogP) is 2.18. The first-order valence-electron chi connectivity index (χ1n) is 6.35. The number of hydrogen-bond donors (Lipinski definition) is 1. The number of aromatic nitrogens is 1. The van der Waals surface area contributed by atoms with Crippen LogP contribution in [0.1, 0.15) is 35.3 Å². The summed E-state index contributed by atoms with van der Waals surface area (Å²) in [6, 6.07) is 1.75. The lowest BCUT2D eigenvalue weighted by Gasteiger charge is -2.24. The summed E-state index contributed by atoms with van der Waals surface area (Å²) in [5.41, 5.74) is -1.78. The van der Waals surface area contributed by atoms with Crippen LogP contribution >= 0.6 is 0 Å². The minimum absolute atomic E-state index is 0.253. The van der Waals surface area contributed by atoms with Crippen molar-refractivity contribution in [2.24, 2.45) is 0 Å². The van der Waals surface area contributed by atoms with Crippen LogP contribution in [0.5, 0.6) is 0 Å². The number of amides is 1. The molecule has 0 aliphatic carbocycles. The number of rotatable bonds is 3. The highest BCUT2D eigenvalue weighted by Crippen LogP contribution is 2.32. The van der Waals surface area contributed by atoms with Gasteiger partial charge in [0.25, 0.3) is 5.91 Å². The predicted molar refractivity (Wildman–Crippen MR) is 65.6 cm³/mol. The van der Waals surface area contributed by atoms with Crippen LogP contribution in [0.25, 0.3) is 0 Å². The Hall–Kier alpha value is -2.12. The SMILES string of the molecule is O=C(O)C[C@H]1CCCN1C(=O)c1cccnc1C(F)(F)F. The van der Waals surface area contributed by atoms with Gasteiger partial charge in [-0.05, 0) is 25.0 Å². The van der Waals surface area contributed by atoms with Gasteiger partial charge in [-0.1, -0.05) is 0 Å². The Morgan fingerprint density at radius 1 is 1.43 bits per heavy atom. The molecule has 1 atom stereocenters. The first kappa shape index (κ1) is 15.3. The average molecular weight is 302 g/mol. The van der Waals surface area contributed by atoms with E-state index in [-0.39, 0.29) is 13.0 Å². The second-order valence-corrected chi connectivity index (χ2v) is 4.79. The Morgan fingerprint density at radius 3 is 2.76 bits per heavy atom. The second-order valence-electron chi connectivity index (χ2n) is 4.79. The molecule has 114 valence electrons. The molecule has 1 fully saturated rings. The number of pyridine rings is 1. The number of aliphatic carboxylic acids is 1. The van der Waals surface area contributed by atoms with E-state index < -0.39 is 35.4 Å². The van der Waals surface area contributed by atoms with Gasteiger partial charge in [0.1, 0.15) is 0 Å². The number of carbonyl (C=O) groups is 2. The third-order valence-electron chi connectivity index (χ3n) is 3.35. The summed E-state index contributed by atoms with van der Waals surface area (Å²) in [6.45, 7) is 0.253. The molecule has 5 nitrogen and oxygen atoms in total. The molecule has 0 radical (unpaired) electrons. The van der Waals surface area contributed by atoms with Crippen LogP contribution in [-0.4, -0.2) is 39.5 Å². The maximum atomic E-state index is 12.9. The molecule has 0 saturated carbocycles. The van der Waals surface area contributed by atoms with Crippen molar-refractivity contribution in [3.63, 3.8) is 0 Å². The number of carboxylic acid groups (broad SMARTS) is 1. The van der Waals surface area contributed by atoms with E-state index in [0.717, 1.165) is 12.3 Å². The summed E-state index contributed by atoms with van der Waals surface area (Å²) in [4.78, 5) is 27.5. The molecule has 1 aliphatic heterocycles. The van der Waals surface area contributed by atoms with Gasteiger partial charge in [0.2, 0.25) is 0 Å². The van der Waals surface area contributed by atoms with Gasteiger partial charge in [-0.3, -0.25) is 14.6 Å². The molecule has 1 amide bonds. The van der Waals surface area contributed by atoms with Crippen LogP contribution in [0.3, 0.4) is 0 Å². The minimum Gasteiger partial charge on any atom is -0.481 e. The summed E-state index contributed by atoms with van der Waals surface area (Å²) < 4.78 is 38.6. The first-order valence-corrected chi connectivity index (χ1v) is 6.35. The van der Waals surface area contributed by atoms with Crippen molar-refractivity contribution in [1.82, 2.24) is 9.88 Å². The number of likely N-dealkylation sites (tertiary alicyclic amines) is 1. The molecule has 0 bridgehead atoms. The van der Waals surface area contributed by atoms with Crippen LogP contribution in [0, 0.1) is 0 Å². The molecule has 1 aromatic heterocycles. The first-order chi connectivity index (χ1) is 9.80. The van der Waals surface area contributed by atoms with Gasteiger partial charge >= 0.3 is 12.1 Å². The van der Waals surface area contributed by atoms with E-state index in [1.54, 1.807) is 0 Å². The third-order valence-corrected chi connectivity index (χ3v) is 3.35. The van der Waals surface area contributed by atoms with Gasteiger partial charge in [0.15, 0.2) is 5.69 Å². The van der Waals surface area contributed by atoms with E-state index in [1.807, 2.05) is 0 Å². The van der Waals surface area contributed by atoms with Crippen LogP contribution in [0.4, 0.5) is 13.2 Å². The van der Waals surface area contributed by atoms with E-state index in [2.05, 4.69) is 4.98 Å². The van der Waals surface area contributed by atoms with E-state index >= 15 is 0 Å². The summed E-state index contributed by atoms with van der Waals surface area (Å²) >= 11 is 0. The molecule has 1 N–H and O–H groups in total. The van der Waals surface area contributed by atoms with Crippen molar-refractivity contribution in [3.8, 4) is 0 Å². The van der Waals surface area contributed by atoms with E-state index in [4.69, 9.17) is 5.11 Å². The molecular weight excluding hydrogens is 289 g/mol. The molecule has 2 rings (SSSR count). The largest absolute Gasteiger partial charge is 0.481 e. The molecule has 2 heterocycles. The lowest BCUT2D eigenvalue weighted by Crippen LogP contribution is -2.38. The maximum Gasteiger partial charge on any atom is 0.434 e. The number of alkyl halides is 3. The Bertz CT molecular complexity index is 560. The van der Waals surface area contributed by atoms with Gasteiger partial charge in [0.05, 0.1) is 12.0 Å². The highest BCUT2D eigenvalue weighted by molar-refractivity contribution is 5.96.